The summed E-state index contributed by atoms with van der Waals surface area (Å²) < 4.78 is 85.3. The van der Waals surface area contributed by atoms with Crippen LogP contribution in [-0.4, -0.2) is 53.6 Å². The Bertz CT molecular complexity index is 1360. The molecule has 1 aliphatic heterocycles. The Kier molecular flexibility index (Phi) is 9.69. The van der Waals surface area contributed by atoms with Crippen molar-refractivity contribution < 1.29 is 40.8 Å². The summed E-state index contributed by atoms with van der Waals surface area (Å²) in [5.41, 5.74) is -3.40. The van der Waals surface area contributed by atoms with E-state index in [9.17, 15) is 41.3 Å². The smallest absolute Gasteiger partial charge is 0.382 e. The van der Waals surface area contributed by atoms with E-state index < -0.39 is 39.7 Å². The second kappa shape index (κ2) is 13.1. The molecule has 9 nitrogen and oxygen atoms in total. The van der Waals surface area contributed by atoms with E-state index in [2.05, 4.69) is 10.6 Å². The molecule has 0 aromatic heterocycles. The minimum atomic E-state index is -4.88. The number of ether oxygens (including phenoxy) is 1. The first-order chi connectivity index (χ1) is 20.2. The van der Waals surface area contributed by atoms with Gasteiger partial charge in [0.05, 0.1) is 28.2 Å². The van der Waals surface area contributed by atoms with Crippen LogP contribution in [0.3, 0.4) is 0 Å². The number of nitrogens with zero attached hydrogens (tertiary/aromatic N) is 3. The second-order valence-electron chi connectivity index (χ2n) is 10.6. The van der Waals surface area contributed by atoms with Crippen LogP contribution in [-0.2, 0) is 21.9 Å². The van der Waals surface area contributed by atoms with Crippen LogP contribution in [0, 0.1) is 21.4 Å². The zero-order chi connectivity index (χ0) is 31.4. The van der Waals surface area contributed by atoms with Crippen LogP contribution in [0.2, 0.25) is 0 Å². The van der Waals surface area contributed by atoms with Gasteiger partial charge in [0.15, 0.2) is 0 Å². The number of halogens is 6. The van der Waals surface area contributed by atoms with Crippen molar-refractivity contribution in [3.8, 4) is 6.07 Å². The van der Waals surface area contributed by atoms with Crippen LogP contribution in [0.15, 0.2) is 36.4 Å². The molecule has 232 valence electrons. The molecular formula is C28H29F6N5O4. The van der Waals surface area contributed by atoms with E-state index in [-0.39, 0.29) is 42.1 Å². The Labute approximate surface area is 242 Å². The predicted octanol–water partition coefficient (Wildman–Crippen LogP) is 6.35. The van der Waals surface area contributed by atoms with Gasteiger partial charge in [0.25, 0.3) is 5.69 Å². The molecule has 43 heavy (non-hydrogen) atoms. The van der Waals surface area contributed by atoms with Gasteiger partial charge in [-0.1, -0.05) is 0 Å². The highest BCUT2D eigenvalue weighted by atomic mass is 19.4. The van der Waals surface area contributed by atoms with Gasteiger partial charge in [0.1, 0.15) is 12.2 Å². The fraction of sp³-hybridized carbons (Fsp3) is 0.500. The summed E-state index contributed by atoms with van der Waals surface area (Å²) in [6.07, 6.45) is -6.32. The van der Waals surface area contributed by atoms with Crippen LogP contribution in [0.4, 0.5) is 43.4 Å². The lowest BCUT2D eigenvalue weighted by molar-refractivity contribution is -0.388. The van der Waals surface area contributed by atoms with Crippen LogP contribution < -0.4 is 10.6 Å². The summed E-state index contributed by atoms with van der Waals surface area (Å²) >= 11 is 0. The molecule has 2 aliphatic rings. The monoisotopic (exact) mass is 613 g/mol. The zero-order valence-electron chi connectivity index (χ0n) is 22.8. The minimum absolute atomic E-state index is 0.0842. The number of likely N-dealkylation sites (tertiary alicyclic amines) is 1. The Morgan fingerprint density at radius 2 is 1.44 bits per heavy atom. The van der Waals surface area contributed by atoms with Gasteiger partial charge in [-0.15, -0.1) is 0 Å². The molecule has 4 rings (SSSR count). The van der Waals surface area contributed by atoms with Crippen molar-refractivity contribution in [2.24, 2.45) is 0 Å². The molecule has 2 aromatic carbocycles. The Balaban J connectivity index is 1.19. The lowest BCUT2D eigenvalue weighted by atomic mass is 9.92. The topological polar surface area (TPSA) is 121 Å². The molecule has 1 saturated carbocycles. The number of nitro groups is 1. The van der Waals surface area contributed by atoms with Crippen molar-refractivity contribution in [2.75, 3.05) is 30.3 Å². The summed E-state index contributed by atoms with van der Waals surface area (Å²) in [5, 5.41) is 26.0. The number of hydrogen-bond acceptors (Lipinski definition) is 7. The predicted molar refractivity (Wildman–Crippen MR) is 143 cm³/mol. The highest BCUT2D eigenvalue weighted by Gasteiger charge is 2.39. The van der Waals surface area contributed by atoms with Crippen molar-refractivity contribution >= 4 is 23.0 Å². The summed E-state index contributed by atoms with van der Waals surface area (Å²) in [4.78, 5) is 24.2. The summed E-state index contributed by atoms with van der Waals surface area (Å²) in [6, 6.07) is 7.54. The standard InChI is InChI=1S/C28H29F6N5O4/c29-27(30,31)23-13-20(2-1-17(23)15-35)36-18-3-6-22(7-4-18)43-16-26(40)38-11-9-19(10-12-38)37-21-5-8-25(39(41)42)24(14-21)28(32,33)34/h1-2,5,8,13-14,18-19,22,36-37H,3-4,6-7,9-12,16H2. The van der Waals surface area contributed by atoms with Gasteiger partial charge in [-0.3, -0.25) is 14.9 Å². The molecule has 0 radical (unpaired) electrons. The number of carbonyl (C=O) groups is 1. The maximum absolute atomic E-state index is 13.3. The fourth-order valence-electron chi connectivity index (χ4n) is 5.38. The van der Waals surface area contributed by atoms with Crippen LogP contribution in [0.5, 0.6) is 0 Å². The molecular weight excluding hydrogens is 584 g/mol. The van der Waals surface area contributed by atoms with Crippen LogP contribution in [0.25, 0.3) is 0 Å². The molecule has 2 N–H and O–H groups in total. The van der Waals surface area contributed by atoms with E-state index in [0.717, 1.165) is 24.3 Å². The minimum Gasteiger partial charge on any atom is -0.382 e. The van der Waals surface area contributed by atoms with E-state index in [1.54, 1.807) is 11.0 Å². The highest BCUT2D eigenvalue weighted by molar-refractivity contribution is 5.77. The van der Waals surface area contributed by atoms with E-state index in [0.29, 0.717) is 51.6 Å². The van der Waals surface area contributed by atoms with Crippen molar-refractivity contribution in [1.82, 2.24) is 4.90 Å². The third-order valence-electron chi connectivity index (χ3n) is 7.65. The quantitative estimate of drug-likeness (QED) is 0.202. The molecule has 2 fully saturated rings. The maximum Gasteiger partial charge on any atom is 0.423 e. The van der Waals surface area contributed by atoms with E-state index in [1.807, 2.05) is 0 Å². The molecule has 1 amide bonds. The van der Waals surface area contributed by atoms with Gasteiger partial charge in [-0.25, -0.2) is 0 Å². The van der Waals surface area contributed by atoms with Gasteiger partial charge in [-0.2, -0.15) is 31.6 Å². The number of piperidine rings is 1. The number of anilines is 2. The third kappa shape index (κ3) is 8.28. The molecule has 0 unspecified atom stereocenters. The molecule has 1 aliphatic carbocycles. The number of alkyl halides is 6. The summed E-state index contributed by atoms with van der Waals surface area (Å²) in [5.74, 6) is -0.217. The van der Waals surface area contributed by atoms with E-state index >= 15 is 0 Å². The van der Waals surface area contributed by atoms with Gasteiger partial charge in [-0.05, 0) is 68.9 Å². The Morgan fingerprint density at radius 3 is 1.98 bits per heavy atom. The molecule has 1 saturated heterocycles. The SMILES string of the molecule is N#Cc1ccc(NC2CCC(OCC(=O)N3CCC(Nc4ccc([N+](=O)[O-])c(C(F)(F)F)c4)CC3)CC2)cc1C(F)(F)F. The number of rotatable bonds is 8. The largest absolute Gasteiger partial charge is 0.423 e. The van der Waals surface area contributed by atoms with E-state index in [1.165, 1.54) is 12.1 Å². The number of nitro benzene ring substituents is 1. The van der Waals surface area contributed by atoms with Crippen molar-refractivity contribution in [1.29, 1.82) is 5.26 Å². The van der Waals surface area contributed by atoms with Crippen LogP contribution in [0.1, 0.15) is 55.2 Å². The van der Waals surface area contributed by atoms with Gasteiger partial charge in [0.2, 0.25) is 5.91 Å². The highest BCUT2D eigenvalue weighted by Crippen LogP contribution is 2.38. The first-order valence-electron chi connectivity index (χ1n) is 13.6. The normalized spacial score (nSPS) is 19.9. The number of amides is 1. The molecule has 0 atom stereocenters. The molecule has 15 heteroatoms. The lowest BCUT2D eigenvalue weighted by Gasteiger charge is -2.34. The van der Waals surface area contributed by atoms with Gasteiger partial charge < -0.3 is 20.3 Å². The van der Waals surface area contributed by atoms with Crippen molar-refractivity contribution in [3.63, 3.8) is 0 Å². The number of nitriles is 1. The summed E-state index contributed by atoms with van der Waals surface area (Å²) in [6.45, 7) is 0.586. The Morgan fingerprint density at radius 1 is 0.907 bits per heavy atom. The van der Waals surface area contributed by atoms with Crippen molar-refractivity contribution in [3.05, 3.63) is 63.2 Å². The van der Waals surface area contributed by atoms with E-state index in [4.69, 9.17) is 10.00 Å². The first-order valence-corrected chi connectivity index (χ1v) is 13.6. The fourth-order valence-corrected chi connectivity index (χ4v) is 5.38. The first kappa shape index (κ1) is 31.9. The molecule has 0 bridgehead atoms. The summed E-state index contributed by atoms with van der Waals surface area (Å²) in [7, 11) is 0. The molecule has 1 heterocycles. The number of hydrogen-bond donors (Lipinski definition) is 2. The number of carbonyl (C=O) groups excluding carboxylic acids is 1. The second-order valence-corrected chi connectivity index (χ2v) is 10.6. The number of benzene rings is 2. The van der Waals surface area contributed by atoms with Crippen molar-refractivity contribution in [2.45, 2.75) is 69.1 Å². The lowest BCUT2D eigenvalue weighted by Crippen LogP contribution is -2.44. The molecule has 0 spiro atoms. The Hall–Kier alpha value is -4.06. The number of nitrogens with one attached hydrogen (secondary N) is 2. The average Bonchev–Trinajstić information content (AvgIpc) is 2.96. The molecule has 2 aromatic rings. The van der Waals surface area contributed by atoms with Crippen LogP contribution >= 0.6 is 0 Å². The average molecular weight is 614 g/mol. The maximum atomic E-state index is 13.3. The zero-order valence-corrected chi connectivity index (χ0v) is 22.8. The van der Waals surface area contributed by atoms with Gasteiger partial charge in [0, 0.05) is 42.6 Å². The van der Waals surface area contributed by atoms with Gasteiger partial charge >= 0.3 is 12.4 Å². The third-order valence-corrected chi connectivity index (χ3v) is 7.65.